The molecular formula is C55H80N2O13Si. The number of hydrogen-bond donors (Lipinski definition) is 0. The number of aromatic nitrogens is 2. The zero-order valence-electron chi connectivity index (χ0n) is 44.6. The standard InChI is InChI=1S/C55H80N2O13Si/c1-15-30-46(67-40-60-10)54(6,7)48(34-28-24-20-22-26-32-42(62-12)36-50-56-44(38-65-50)52(58)64-14)69-53(59)45-39-66-51(57-45)37-43(63-13)33-27-23-21-25-29-35-49(70-71(17-3,18-4)19-5)55(8,9)47(31-16-2)68-41-61-11/h15-16,24-33,38-39,42-43,46-49H,17-19,34-37,40-41H2,1-14H3/b28-24-,29-25-,30-15+,31-16+,32-26+,33-27+/t42-,43-,46+,47+,48-,49-/m0/s1. The number of ether oxygens (including phenoxy) is 8. The van der Waals surface area contributed by atoms with E-state index in [2.05, 4.69) is 85.2 Å². The van der Waals surface area contributed by atoms with Crippen LogP contribution in [0.5, 0.6) is 0 Å². The number of oxazole rings is 2. The van der Waals surface area contributed by atoms with E-state index in [9.17, 15) is 9.59 Å². The maximum atomic E-state index is 13.7. The first kappa shape index (κ1) is 62.0. The zero-order valence-corrected chi connectivity index (χ0v) is 45.6. The molecule has 71 heavy (non-hydrogen) atoms. The van der Waals surface area contributed by atoms with Gasteiger partial charge in [-0.15, -0.1) is 0 Å². The first-order chi connectivity index (χ1) is 34.1. The van der Waals surface area contributed by atoms with Crippen molar-refractivity contribution in [1.82, 2.24) is 9.97 Å². The predicted molar refractivity (Wildman–Crippen MR) is 277 cm³/mol. The Morgan fingerprint density at radius 3 is 1.46 bits per heavy atom. The van der Waals surface area contributed by atoms with Crippen LogP contribution in [0, 0.1) is 34.5 Å². The normalized spacial score (nSPS) is 15.3. The minimum absolute atomic E-state index is 0.0160. The highest BCUT2D eigenvalue weighted by Crippen LogP contribution is 2.38. The van der Waals surface area contributed by atoms with Crippen LogP contribution in [-0.2, 0) is 55.2 Å². The summed E-state index contributed by atoms with van der Waals surface area (Å²) in [5.41, 5.74) is -0.986. The Labute approximate surface area is 424 Å². The van der Waals surface area contributed by atoms with E-state index in [1.165, 1.54) is 19.6 Å². The molecule has 392 valence electrons. The van der Waals surface area contributed by atoms with Gasteiger partial charge in [-0.3, -0.25) is 0 Å². The molecule has 0 spiro atoms. The van der Waals surface area contributed by atoms with E-state index in [1.54, 1.807) is 52.7 Å². The van der Waals surface area contributed by atoms with Gasteiger partial charge in [-0.1, -0.05) is 109 Å². The lowest BCUT2D eigenvalue weighted by Crippen LogP contribution is -2.49. The molecule has 0 aromatic carbocycles. The number of methoxy groups -OCH3 is 5. The van der Waals surface area contributed by atoms with Crippen LogP contribution in [-0.4, -0.2) is 116 Å². The Hall–Kier alpha value is -5.14. The predicted octanol–water partition coefficient (Wildman–Crippen LogP) is 10.4. The summed E-state index contributed by atoms with van der Waals surface area (Å²) in [6.07, 6.45) is 24.0. The maximum Gasteiger partial charge on any atom is 0.360 e. The van der Waals surface area contributed by atoms with Crippen LogP contribution in [0.2, 0.25) is 18.1 Å². The zero-order chi connectivity index (χ0) is 52.7. The summed E-state index contributed by atoms with van der Waals surface area (Å²) in [6.45, 7) is 19.1. The Kier molecular flexibility index (Phi) is 29.2. The van der Waals surface area contributed by atoms with Gasteiger partial charge in [0, 0.05) is 45.7 Å². The van der Waals surface area contributed by atoms with Crippen molar-refractivity contribution in [3.63, 3.8) is 0 Å². The maximum absolute atomic E-state index is 13.7. The minimum Gasteiger partial charge on any atom is -0.464 e. The van der Waals surface area contributed by atoms with Gasteiger partial charge in [0.25, 0.3) is 0 Å². The number of hydrogen-bond acceptors (Lipinski definition) is 15. The fourth-order valence-electron chi connectivity index (χ4n) is 7.44. The number of nitrogens with zero attached hydrogens (tertiary/aromatic N) is 2. The van der Waals surface area contributed by atoms with Crippen LogP contribution < -0.4 is 0 Å². The fourth-order valence-corrected chi connectivity index (χ4v) is 10.4. The summed E-state index contributed by atoms with van der Waals surface area (Å²) in [7, 11) is 5.63. The summed E-state index contributed by atoms with van der Waals surface area (Å²) in [5.74, 6) is 11.5. The summed E-state index contributed by atoms with van der Waals surface area (Å²) >= 11 is 0. The van der Waals surface area contributed by atoms with E-state index >= 15 is 0 Å². The van der Waals surface area contributed by atoms with Crippen LogP contribution in [0.1, 0.15) is 108 Å². The van der Waals surface area contributed by atoms with E-state index in [4.69, 9.17) is 46.4 Å². The number of rotatable bonds is 32. The molecule has 0 radical (unpaired) electrons. The molecule has 2 rings (SSSR count). The molecule has 0 unspecified atom stereocenters. The summed E-state index contributed by atoms with van der Waals surface area (Å²) in [4.78, 5) is 34.0. The van der Waals surface area contributed by atoms with Crippen molar-refractivity contribution in [2.75, 3.05) is 49.1 Å². The summed E-state index contributed by atoms with van der Waals surface area (Å²) in [5, 5.41) is 0. The van der Waals surface area contributed by atoms with Gasteiger partial charge in [0.05, 0.1) is 50.5 Å². The van der Waals surface area contributed by atoms with Gasteiger partial charge in [0.2, 0.25) is 0 Å². The molecule has 0 N–H and O–H groups in total. The molecule has 2 heterocycles. The minimum atomic E-state index is -1.95. The van der Waals surface area contributed by atoms with Crippen molar-refractivity contribution in [3.05, 3.63) is 109 Å². The SMILES string of the molecule is C/C=C/[C@@H](OCOC)C(C)(C)[C@H](C/C=C\C#C/C=C/[C@@H](Cc1nc(C(=O)OC)co1)OC)OC(=O)c1coc(C[C@H](/C=C/C#C/C=C\C[C@H](O[Si](CC)(CC)CC)C(C)(C)[C@@H](/C=C/C)OCOC)OC)n1. The second-order valence-electron chi connectivity index (χ2n) is 17.7. The highest BCUT2D eigenvalue weighted by atomic mass is 28.4. The molecule has 0 saturated heterocycles. The van der Waals surface area contributed by atoms with Gasteiger partial charge in [-0.2, -0.15) is 0 Å². The average Bonchev–Trinajstić information content (AvgIpc) is 4.05. The highest BCUT2D eigenvalue weighted by Gasteiger charge is 2.42. The van der Waals surface area contributed by atoms with E-state index in [1.807, 2.05) is 64.2 Å². The van der Waals surface area contributed by atoms with E-state index in [0.29, 0.717) is 24.6 Å². The Morgan fingerprint density at radius 1 is 0.634 bits per heavy atom. The van der Waals surface area contributed by atoms with E-state index in [-0.39, 0.29) is 55.4 Å². The molecule has 0 aliphatic heterocycles. The third-order valence-corrected chi connectivity index (χ3v) is 16.9. The summed E-state index contributed by atoms with van der Waals surface area (Å²) in [6, 6.07) is 3.13. The van der Waals surface area contributed by atoms with Gasteiger partial charge in [0.15, 0.2) is 31.5 Å². The molecule has 0 fully saturated rings. The largest absolute Gasteiger partial charge is 0.464 e. The van der Waals surface area contributed by atoms with E-state index in [0.717, 1.165) is 18.1 Å². The first-order valence-corrected chi connectivity index (χ1v) is 26.6. The number of esters is 2. The van der Waals surface area contributed by atoms with Crippen LogP contribution in [0.15, 0.2) is 94.3 Å². The van der Waals surface area contributed by atoms with Crippen molar-refractivity contribution in [2.24, 2.45) is 10.8 Å². The third kappa shape index (κ3) is 20.9. The molecule has 0 aliphatic carbocycles. The van der Waals surface area contributed by atoms with Crippen LogP contribution in [0.25, 0.3) is 0 Å². The second kappa shape index (κ2) is 33.5. The van der Waals surface area contributed by atoms with Gasteiger partial charge in [-0.05, 0) is 74.9 Å². The van der Waals surface area contributed by atoms with Crippen molar-refractivity contribution < 1.29 is 60.7 Å². The Morgan fingerprint density at radius 2 is 1.06 bits per heavy atom. The molecule has 2 aromatic rings. The number of allylic oxidation sites excluding steroid dienone is 6. The smallest absolute Gasteiger partial charge is 0.360 e. The molecule has 0 aliphatic rings. The molecule has 16 heteroatoms. The lowest BCUT2D eigenvalue weighted by Gasteiger charge is -2.44. The Balaban J connectivity index is 2.20. The molecular weight excluding hydrogens is 925 g/mol. The number of carbonyl (C=O) groups is 2. The van der Waals surface area contributed by atoms with Gasteiger partial charge in [0.1, 0.15) is 32.2 Å². The van der Waals surface area contributed by atoms with Crippen LogP contribution >= 0.6 is 0 Å². The highest BCUT2D eigenvalue weighted by molar-refractivity contribution is 6.73. The van der Waals surface area contributed by atoms with Crippen molar-refractivity contribution >= 4 is 20.3 Å². The lowest BCUT2D eigenvalue weighted by atomic mass is 9.78. The van der Waals surface area contributed by atoms with Gasteiger partial charge >= 0.3 is 11.9 Å². The van der Waals surface area contributed by atoms with Gasteiger partial charge < -0.3 is 51.2 Å². The Bertz CT molecular complexity index is 2170. The molecule has 15 nitrogen and oxygen atoms in total. The number of carbonyl (C=O) groups excluding carboxylic acids is 2. The van der Waals surface area contributed by atoms with Crippen molar-refractivity contribution in [3.8, 4) is 23.7 Å². The topological polar surface area (TPSA) is 169 Å². The molecule has 0 amide bonds. The molecule has 0 bridgehead atoms. The first-order valence-electron chi connectivity index (χ1n) is 24.1. The molecule has 0 saturated carbocycles. The monoisotopic (exact) mass is 1000 g/mol. The van der Waals surface area contributed by atoms with Crippen molar-refractivity contribution in [1.29, 1.82) is 0 Å². The average molecular weight is 1010 g/mol. The summed E-state index contributed by atoms with van der Waals surface area (Å²) < 4.78 is 62.8. The lowest BCUT2D eigenvalue weighted by molar-refractivity contribution is -0.121. The fraction of sp³-hybridized carbons (Fsp3) is 0.564. The van der Waals surface area contributed by atoms with Gasteiger partial charge in [-0.25, -0.2) is 19.6 Å². The quantitative estimate of drug-likeness (QED) is 0.0223. The third-order valence-electron chi connectivity index (χ3n) is 12.3. The second-order valence-corrected chi connectivity index (χ2v) is 22.4. The molecule has 2 aromatic heterocycles. The van der Waals surface area contributed by atoms with Crippen LogP contribution in [0.4, 0.5) is 0 Å². The van der Waals surface area contributed by atoms with E-state index < -0.39 is 50.1 Å². The van der Waals surface area contributed by atoms with Crippen molar-refractivity contribution in [2.45, 2.75) is 143 Å². The molecule has 6 atom stereocenters. The van der Waals surface area contributed by atoms with Crippen LogP contribution in [0.3, 0.4) is 0 Å².